The number of benzene rings is 1. The molecule has 10 heteroatoms. The lowest BCUT2D eigenvalue weighted by Gasteiger charge is -2.38. The number of methoxy groups -OCH3 is 1. The van der Waals surface area contributed by atoms with Gasteiger partial charge in [0.2, 0.25) is 5.91 Å². The van der Waals surface area contributed by atoms with Gasteiger partial charge in [0.25, 0.3) is 10.2 Å². The first-order valence-corrected chi connectivity index (χ1v) is 11.2. The van der Waals surface area contributed by atoms with Gasteiger partial charge in [-0.3, -0.25) is 9.69 Å². The van der Waals surface area contributed by atoms with Crippen LogP contribution in [0.3, 0.4) is 0 Å². The number of piperazine rings is 1. The molecule has 1 saturated heterocycles. The van der Waals surface area contributed by atoms with Crippen molar-refractivity contribution >= 4 is 33.4 Å². The van der Waals surface area contributed by atoms with Gasteiger partial charge in [-0.1, -0.05) is 25.4 Å². The zero-order chi connectivity index (χ0) is 20.9. The maximum absolute atomic E-state index is 12.6. The molecule has 1 aliphatic heterocycles. The van der Waals surface area contributed by atoms with Gasteiger partial charge >= 0.3 is 0 Å². The minimum absolute atomic E-state index is 0.165. The van der Waals surface area contributed by atoms with E-state index in [1.807, 2.05) is 25.7 Å². The van der Waals surface area contributed by atoms with Crippen LogP contribution in [-0.4, -0.2) is 80.3 Å². The second-order valence-corrected chi connectivity index (χ2v) is 8.88. The van der Waals surface area contributed by atoms with Crippen LogP contribution < -0.4 is 10.1 Å². The average molecular weight is 433 g/mol. The molecular weight excluding hydrogens is 404 g/mol. The molecule has 1 atom stereocenters. The maximum Gasteiger partial charge on any atom is 0.282 e. The highest BCUT2D eigenvalue weighted by Crippen LogP contribution is 2.27. The van der Waals surface area contributed by atoms with Crippen molar-refractivity contribution in [3.8, 4) is 5.75 Å². The van der Waals surface area contributed by atoms with Crippen LogP contribution in [0.15, 0.2) is 18.2 Å². The van der Waals surface area contributed by atoms with Gasteiger partial charge in [0.05, 0.1) is 18.2 Å². The van der Waals surface area contributed by atoms with Gasteiger partial charge in [-0.25, -0.2) is 0 Å². The highest BCUT2D eigenvalue weighted by molar-refractivity contribution is 7.86. The van der Waals surface area contributed by atoms with E-state index < -0.39 is 10.2 Å². The molecular formula is C18H29ClN4O4S. The van der Waals surface area contributed by atoms with E-state index in [0.29, 0.717) is 55.7 Å². The van der Waals surface area contributed by atoms with Crippen molar-refractivity contribution in [2.45, 2.75) is 26.8 Å². The number of hydrogen-bond acceptors (Lipinski definition) is 5. The Morgan fingerprint density at radius 1 is 1.25 bits per heavy atom. The lowest BCUT2D eigenvalue weighted by molar-refractivity contribution is -0.121. The number of anilines is 1. The van der Waals surface area contributed by atoms with E-state index >= 15 is 0 Å². The molecule has 1 fully saturated rings. The quantitative estimate of drug-likeness (QED) is 0.678. The van der Waals surface area contributed by atoms with Gasteiger partial charge in [-0.2, -0.15) is 17.0 Å². The zero-order valence-electron chi connectivity index (χ0n) is 16.8. The molecule has 0 spiro atoms. The third kappa shape index (κ3) is 5.15. The molecule has 1 amide bonds. The summed E-state index contributed by atoms with van der Waals surface area (Å²) in [6, 6.07) is 4.67. The number of hydrogen-bond donors (Lipinski definition) is 1. The molecule has 1 unspecified atom stereocenters. The standard InChI is InChI=1S/C18H29ClN4O4S/c1-5-22(6-2)28(25,26)23-11-9-21(10-12-23)14(3)18(24)20-15-7-8-17(27-4)16(19)13-15/h7-8,13-14H,5-6,9-12H2,1-4H3,(H,20,24). The normalized spacial score (nSPS) is 17.5. The van der Waals surface area contributed by atoms with Crippen LogP contribution in [0.4, 0.5) is 5.69 Å². The molecule has 1 aromatic rings. The van der Waals surface area contributed by atoms with E-state index in [2.05, 4.69) is 5.32 Å². The van der Waals surface area contributed by atoms with Crippen molar-refractivity contribution in [3.63, 3.8) is 0 Å². The van der Waals surface area contributed by atoms with Gasteiger partial charge in [-0.05, 0) is 25.1 Å². The molecule has 1 aliphatic rings. The number of rotatable bonds is 8. The maximum atomic E-state index is 12.6. The molecule has 28 heavy (non-hydrogen) atoms. The number of amides is 1. The smallest absolute Gasteiger partial charge is 0.282 e. The third-order valence-electron chi connectivity index (χ3n) is 4.98. The van der Waals surface area contributed by atoms with Crippen LogP contribution >= 0.6 is 11.6 Å². The number of nitrogens with one attached hydrogen (secondary N) is 1. The molecule has 0 saturated carbocycles. The molecule has 1 N–H and O–H groups in total. The number of halogens is 1. The molecule has 2 rings (SSSR count). The number of nitrogens with zero attached hydrogens (tertiary/aromatic N) is 3. The number of ether oxygens (including phenoxy) is 1. The first-order valence-electron chi connectivity index (χ1n) is 9.38. The van der Waals surface area contributed by atoms with Crippen molar-refractivity contribution in [3.05, 3.63) is 23.2 Å². The van der Waals surface area contributed by atoms with Crippen LogP contribution in [0, 0.1) is 0 Å². The predicted molar refractivity (Wildman–Crippen MR) is 111 cm³/mol. The molecule has 158 valence electrons. The second kappa shape index (κ2) is 9.89. The largest absolute Gasteiger partial charge is 0.495 e. The highest BCUT2D eigenvalue weighted by Gasteiger charge is 2.33. The first kappa shape index (κ1) is 22.9. The Morgan fingerprint density at radius 3 is 2.36 bits per heavy atom. The third-order valence-corrected chi connectivity index (χ3v) is 7.46. The van der Waals surface area contributed by atoms with E-state index in [9.17, 15) is 13.2 Å². The summed E-state index contributed by atoms with van der Waals surface area (Å²) in [6.07, 6.45) is 0. The molecule has 8 nitrogen and oxygen atoms in total. The monoisotopic (exact) mass is 432 g/mol. The molecule has 1 heterocycles. The predicted octanol–water partition coefficient (Wildman–Crippen LogP) is 1.88. The topological polar surface area (TPSA) is 82.2 Å². The Bertz CT molecular complexity index is 778. The van der Waals surface area contributed by atoms with Crippen molar-refractivity contribution in [1.29, 1.82) is 0 Å². The van der Waals surface area contributed by atoms with E-state index in [1.165, 1.54) is 15.7 Å². The Kier molecular flexibility index (Phi) is 8.08. The molecule has 0 radical (unpaired) electrons. The van der Waals surface area contributed by atoms with Crippen molar-refractivity contribution in [2.24, 2.45) is 0 Å². The van der Waals surface area contributed by atoms with Gasteiger partial charge in [0, 0.05) is 45.0 Å². The average Bonchev–Trinajstić information content (AvgIpc) is 2.68. The van der Waals surface area contributed by atoms with Crippen LogP contribution in [0.5, 0.6) is 5.75 Å². The Balaban J connectivity index is 1.95. The van der Waals surface area contributed by atoms with E-state index in [4.69, 9.17) is 16.3 Å². The lowest BCUT2D eigenvalue weighted by atomic mass is 10.2. The summed E-state index contributed by atoms with van der Waals surface area (Å²) in [4.78, 5) is 14.6. The Hall–Kier alpha value is -1.39. The highest BCUT2D eigenvalue weighted by atomic mass is 35.5. The Morgan fingerprint density at radius 2 is 1.86 bits per heavy atom. The fourth-order valence-electron chi connectivity index (χ4n) is 3.19. The van der Waals surface area contributed by atoms with Crippen LogP contribution in [0.25, 0.3) is 0 Å². The summed E-state index contributed by atoms with van der Waals surface area (Å²) in [7, 11) is -1.91. The summed E-state index contributed by atoms with van der Waals surface area (Å²) >= 11 is 6.10. The lowest BCUT2D eigenvalue weighted by Crippen LogP contribution is -2.56. The van der Waals surface area contributed by atoms with E-state index in [-0.39, 0.29) is 11.9 Å². The minimum atomic E-state index is -3.44. The zero-order valence-corrected chi connectivity index (χ0v) is 18.4. The first-order chi connectivity index (χ1) is 13.2. The van der Waals surface area contributed by atoms with Gasteiger partial charge in [-0.15, -0.1) is 0 Å². The summed E-state index contributed by atoms with van der Waals surface area (Å²) in [5, 5.41) is 3.27. The van der Waals surface area contributed by atoms with E-state index in [1.54, 1.807) is 18.2 Å². The van der Waals surface area contributed by atoms with Gasteiger partial charge in [0.15, 0.2) is 0 Å². The second-order valence-electron chi connectivity index (χ2n) is 6.54. The van der Waals surface area contributed by atoms with Gasteiger partial charge in [0.1, 0.15) is 5.75 Å². The van der Waals surface area contributed by atoms with Crippen LogP contribution in [0.2, 0.25) is 5.02 Å². The fourth-order valence-corrected chi connectivity index (χ4v) is 5.05. The van der Waals surface area contributed by atoms with Crippen LogP contribution in [0.1, 0.15) is 20.8 Å². The fraction of sp³-hybridized carbons (Fsp3) is 0.611. The van der Waals surface area contributed by atoms with E-state index in [0.717, 1.165) is 0 Å². The number of carbonyl (C=O) groups excluding carboxylic acids is 1. The Labute approximate surface area is 172 Å². The SMILES string of the molecule is CCN(CC)S(=O)(=O)N1CCN(C(C)C(=O)Nc2ccc(OC)c(Cl)c2)CC1. The summed E-state index contributed by atoms with van der Waals surface area (Å²) < 4.78 is 33.3. The summed E-state index contributed by atoms with van der Waals surface area (Å²) in [5.74, 6) is 0.375. The van der Waals surface area contributed by atoms with Crippen molar-refractivity contribution in [2.75, 3.05) is 51.7 Å². The molecule has 1 aromatic carbocycles. The minimum Gasteiger partial charge on any atom is -0.495 e. The summed E-state index contributed by atoms with van der Waals surface area (Å²) in [5.41, 5.74) is 0.588. The number of carbonyl (C=O) groups is 1. The van der Waals surface area contributed by atoms with Crippen LogP contribution in [-0.2, 0) is 15.0 Å². The summed E-state index contributed by atoms with van der Waals surface area (Å²) in [6.45, 7) is 8.09. The van der Waals surface area contributed by atoms with Crippen molar-refractivity contribution in [1.82, 2.24) is 13.5 Å². The van der Waals surface area contributed by atoms with Crippen molar-refractivity contribution < 1.29 is 17.9 Å². The molecule has 0 aliphatic carbocycles. The molecule has 0 bridgehead atoms. The molecule has 0 aromatic heterocycles. The van der Waals surface area contributed by atoms with Gasteiger partial charge < -0.3 is 10.1 Å².